The van der Waals surface area contributed by atoms with E-state index in [9.17, 15) is 19.2 Å². The number of carbonyl (C=O) groups is 4. The van der Waals surface area contributed by atoms with Crippen molar-refractivity contribution >= 4 is 23.9 Å². The van der Waals surface area contributed by atoms with Gasteiger partial charge in [-0.3, -0.25) is 19.2 Å². The summed E-state index contributed by atoms with van der Waals surface area (Å²) in [6.07, 6.45) is 58.4. The third-order valence-corrected chi connectivity index (χ3v) is 13.6. The van der Waals surface area contributed by atoms with Crippen LogP contribution < -0.4 is 0 Å². The van der Waals surface area contributed by atoms with Gasteiger partial charge in [-0.05, 0) is 25.7 Å². The molecule has 8 nitrogen and oxygen atoms in total. The largest absolute Gasteiger partial charge is 0.481 e. The Kier molecular flexibility index (Phi) is 60.1. The molecule has 0 aliphatic rings. The first-order valence-electron chi connectivity index (χ1n) is 30.5. The van der Waals surface area contributed by atoms with E-state index in [2.05, 4.69) is 27.7 Å². The molecular weight excluding hydrogens is 861 g/mol. The van der Waals surface area contributed by atoms with Crippen molar-refractivity contribution in [2.24, 2.45) is 0 Å². The van der Waals surface area contributed by atoms with Crippen molar-refractivity contribution < 1.29 is 38.5 Å². The number of carboxylic acid groups (broad SMARTS) is 1. The van der Waals surface area contributed by atoms with Crippen LogP contribution in [-0.2, 0) is 33.4 Å². The van der Waals surface area contributed by atoms with E-state index in [1.165, 1.54) is 225 Å². The molecular formula is C61H118O8. The van der Waals surface area contributed by atoms with E-state index in [1.807, 2.05) is 0 Å². The lowest BCUT2D eigenvalue weighted by atomic mass is 10.0. The molecule has 0 spiro atoms. The highest BCUT2D eigenvalue weighted by molar-refractivity contribution is 5.71. The van der Waals surface area contributed by atoms with E-state index in [1.54, 1.807) is 0 Å². The van der Waals surface area contributed by atoms with Crippen LogP contribution in [0, 0.1) is 0 Å². The maximum atomic E-state index is 12.6. The van der Waals surface area contributed by atoms with Gasteiger partial charge in [0, 0.05) is 25.7 Å². The number of carboxylic acids is 1. The zero-order valence-corrected chi connectivity index (χ0v) is 46.7. The molecule has 0 unspecified atom stereocenters. The quantitative estimate of drug-likeness (QED) is 0.0364. The maximum Gasteiger partial charge on any atom is 0.306 e. The van der Waals surface area contributed by atoms with Crippen LogP contribution >= 0.6 is 0 Å². The van der Waals surface area contributed by atoms with Crippen molar-refractivity contribution in [1.29, 1.82) is 0 Å². The third kappa shape index (κ3) is 61.9. The second-order valence-electron chi connectivity index (χ2n) is 20.7. The van der Waals surface area contributed by atoms with Gasteiger partial charge in [-0.25, -0.2) is 0 Å². The highest BCUT2D eigenvalue weighted by Crippen LogP contribution is 2.17. The predicted octanol–water partition coefficient (Wildman–Crippen LogP) is 19.6. The minimum atomic E-state index is -0.754. The van der Waals surface area contributed by atoms with Crippen molar-refractivity contribution in [1.82, 2.24) is 0 Å². The van der Waals surface area contributed by atoms with Crippen LogP contribution in [0.1, 0.15) is 349 Å². The van der Waals surface area contributed by atoms with Gasteiger partial charge in [-0.15, -0.1) is 0 Å². The van der Waals surface area contributed by atoms with E-state index < -0.39 is 12.1 Å². The molecule has 0 aromatic heterocycles. The monoisotopic (exact) mass is 979 g/mol. The van der Waals surface area contributed by atoms with Gasteiger partial charge in [0.05, 0.1) is 0 Å². The summed E-state index contributed by atoms with van der Waals surface area (Å²) >= 11 is 0. The number of unbranched alkanes of at least 4 members (excludes halogenated alkanes) is 42. The Morgan fingerprint density at radius 1 is 0.275 bits per heavy atom. The molecule has 410 valence electrons. The average Bonchev–Trinajstić information content (AvgIpc) is 3.34. The van der Waals surface area contributed by atoms with Gasteiger partial charge in [0.1, 0.15) is 13.2 Å². The topological polar surface area (TPSA) is 116 Å². The summed E-state index contributed by atoms with van der Waals surface area (Å²) in [7, 11) is 0. The van der Waals surface area contributed by atoms with Gasteiger partial charge in [0.2, 0.25) is 0 Å². The zero-order chi connectivity index (χ0) is 50.8. The fraction of sp³-hybridized carbons (Fsp3) is 0.934. The molecule has 0 bridgehead atoms. The molecule has 8 heteroatoms. The Bertz CT molecular complexity index is 1020. The fourth-order valence-corrected chi connectivity index (χ4v) is 8.97. The highest BCUT2D eigenvalue weighted by atomic mass is 16.6. The molecule has 0 amide bonds. The van der Waals surface area contributed by atoms with Crippen molar-refractivity contribution in [3.8, 4) is 0 Å². The third-order valence-electron chi connectivity index (χ3n) is 13.6. The Labute approximate surface area is 428 Å². The molecule has 0 aromatic rings. The summed E-state index contributed by atoms with van der Waals surface area (Å²) in [6.45, 7) is 8.85. The molecule has 0 rings (SSSR count). The molecule has 69 heavy (non-hydrogen) atoms. The standard InChI is InChI=1S/C39H74O6.C22H44O2/c1-4-7-10-13-16-19-22-25-28-31-37(40)43-34-36(45-39(42)33-30-27-24-21-18-15-12-9-6-3)35-44-38(41)32-29-26-23-20-17-14-11-8-5-2;1-2-3-4-5-6-7-8-9-10-11-12-13-14-15-16-17-18-19-20-21-22(23)24/h36H,4-35H2,1-3H3;2-21H2,1H3,(H,23,24). The molecule has 0 aliphatic heterocycles. The van der Waals surface area contributed by atoms with E-state index in [-0.39, 0.29) is 31.1 Å². The second kappa shape index (κ2) is 60.2. The van der Waals surface area contributed by atoms with E-state index in [0.29, 0.717) is 25.7 Å². The molecule has 0 fully saturated rings. The minimum Gasteiger partial charge on any atom is -0.481 e. The number of ether oxygens (including phenoxy) is 3. The Balaban J connectivity index is 0. The fourth-order valence-electron chi connectivity index (χ4n) is 8.97. The summed E-state index contributed by atoms with van der Waals surface area (Å²) < 4.78 is 16.5. The number of hydrogen-bond donors (Lipinski definition) is 1. The van der Waals surface area contributed by atoms with Gasteiger partial charge < -0.3 is 19.3 Å². The Hall–Kier alpha value is -2.12. The number of hydrogen-bond acceptors (Lipinski definition) is 7. The van der Waals surface area contributed by atoms with Gasteiger partial charge >= 0.3 is 23.9 Å². The SMILES string of the molecule is CCCCCCCCCCCC(=O)OCC(COC(=O)CCCCCCCCCCC)OC(=O)CCCCCCCCCCC.CCCCCCCCCCCCCCCCCCCCCC(=O)O. The smallest absolute Gasteiger partial charge is 0.306 e. The molecule has 0 aliphatic carbocycles. The highest BCUT2D eigenvalue weighted by Gasteiger charge is 2.19. The Morgan fingerprint density at radius 2 is 0.464 bits per heavy atom. The number of carbonyl (C=O) groups excluding carboxylic acids is 3. The van der Waals surface area contributed by atoms with Crippen LogP contribution in [0.25, 0.3) is 0 Å². The number of aliphatic carboxylic acids is 1. The molecule has 0 heterocycles. The number of esters is 3. The van der Waals surface area contributed by atoms with Crippen LogP contribution in [0.3, 0.4) is 0 Å². The maximum absolute atomic E-state index is 12.6. The normalized spacial score (nSPS) is 11.1. The second-order valence-corrected chi connectivity index (χ2v) is 20.7. The van der Waals surface area contributed by atoms with Gasteiger partial charge in [-0.1, -0.05) is 297 Å². The first-order valence-corrected chi connectivity index (χ1v) is 30.5. The van der Waals surface area contributed by atoms with Crippen molar-refractivity contribution in [3.05, 3.63) is 0 Å². The van der Waals surface area contributed by atoms with Crippen molar-refractivity contribution in [2.75, 3.05) is 13.2 Å². The lowest BCUT2D eigenvalue weighted by Gasteiger charge is -2.18. The van der Waals surface area contributed by atoms with Crippen LogP contribution in [0.15, 0.2) is 0 Å². The molecule has 0 aromatic carbocycles. The first kappa shape index (κ1) is 69.0. The molecule has 0 saturated heterocycles. The van der Waals surface area contributed by atoms with Crippen LogP contribution in [0.2, 0.25) is 0 Å². The lowest BCUT2D eigenvalue weighted by molar-refractivity contribution is -0.167. The van der Waals surface area contributed by atoms with Gasteiger partial charge in [-0.2, -0.15) is 0 Å². The van der Waals surface area contributed by atoms with Gasteiger partial charge in [0.15, 0.2) is 6.10 Å². The Morgan fingerprint density at radius 3 is 0.681 bits per heavy atom. The van der Waals surface area contributed by atoms with Crippen molar-refractivity contribution in [3.63, 3.8) is 0 Å². The average molecular weight is 980 g/mol. The van der Waals surface area contributed by atoms with Crippen LogP contribution in [0.5, 0.6) is 0 Å². The minimum absolute atomic E-state index is 0.0644. The molecule has 1 N–H and O–H groups in total. The first-order chi connectivity index (χ1) is 33.8. The summed E-state index contributed by atoms with van der Waals surface area (Å²) in [6, 6.07) is 0. The summed E-state index contributed by atoms with van der Waals surface area (Å²) in [5.41, 5.74) is 0. The zero-order valence-electron chi connectivity index (χ0n) is 46.7. The van der Waals surface area contributed by atoms with Crippen LogP contribution in [0.4, 0.5) is 0 Å². The predicted molar refractivity (Wildman–Crippen MR) is 293 cm³/mol. The van der Waals surface area contributed by atoms with Crippen LogP contribution in [-0.4, -0.2) is 48.3 Å². The number of rotatable bonds is 55. The van der Waals surface area contributed by atoms with E-state index in [4.69, 9.17) is 19.3 Å². The van der Waals surface area contributed by atoms with Gasteiger partial charge in [0.25, 0.3) is 0 Å². The molecule has 0 radical (unpaired) electrons. The summed E-state index contributed by atoms with van der Waals surface area (Å²) in [5.74, 6) is -1.52. The van der Waals surface area contributed by atoms with Crippen molar-refractivity contribution in [2.45, 2.75) is 355 Å². The molecule has 0 saturated carbocycles. The van der Waals surface area contributed by atoms with E-state index >= 15 is 0 Å². The van der Waals surface area contributed by atoms with E-state index in [0.717, 1.165) is 70.6 Å². The molecule has 0 atom stereocenters. The lowest BCUT2D eigenvalue weighted by Crippen LogP contribution is -2.30. The summed E-state index contributed by atoms with van der Waals surface area (Å²) in [5, 5.41) is 8.56. The summed E-state index contributed by atoms with van der Waals surface area (Å²) in [4.78, 5) is 47.7.